The van der Waals surface area contributed by atoms with E-state index in [2.05, 4.69) is 0 Å². The van der Waals surface area contributed by atoms with Crippen LogP contribution in [0.15, 0.2) is 42.1 Å². The van der Waals surface area contributed by atoms with Gasteiger partial charge < -0.3 is 5.73 Å². The first-order valence-corrected chi connectivity index (χ1v) is 4.28. The van der Waals surface area contributed by atoms with E-state index in [0.717, 1.165) is 0 Å². The number of carbonyl (C=O) groups excluding carboxylic acids is 2. The van der Waals surface area contributed by atoms with Crippen LogP contribution in [0.3, 0.4) is 0 Å². The third-order valence-electron chi connectivity index (χ3n) is 1.84. The molecule has 0 saturated heterocycles. The molecule has 0 aliphatic rings. The molecule has 0 radical (unpaired) electrons. The summed E-state index contributed by atoms with van der Waals surface area (Å²) in [6.45, 7) is 0. The van der Waals surface area contributed by atoms with E-state index in [1.807, 2.05) is 0 Å². The van der Waals surface area contributed by atoms with E-state index >= 15 is 0 Å². The number of carbonyl (C=O) groups is 2. The molecule has 0 aliphatic heterocycles. The first-order chi connectivity index (χ1) is 7.57. The Balaban J connectivity index is 3.06. The van der Waals surface area contributed by atoms with Gasteiger partial charge in [-0.25, -0.2) is 4.79 Å². The van der Waals surface area contributed by atoms with Crippen molar-refractivity contribution in [3.63, 3.8) is 0 Å². The van der Waals surface area contributed by atoms with Crippen LogP contribution in [0.2, 0.25) is 0 Å². The summed E-state index contributed by atoms with van der Waals surface area (Å²) >= 11 is 0. The van der Waals surface area contributed by atoms with Crippen molar-refractivity contribution in [3.8, 4) is 0 Å². The van der Waals surface area contributed by atoms with E-state index in [4.69, 9.17) is 5.73 Å². The Kier molecular flexibility index (Phi) is 3.49. The maximum absolute atomic E-state index is 11.6. The van der Waals surface area contributed by atoms with Crippen molar-refractivity contribution in [3.05, 3.63) is 57.8 Å². The minimum atomic E-state index is -1.50. The summed E-state index contributed by atoms with van der Waals surface area (Å²) in [5, 5.41) is 10.2. The maximum Gasteiger partial charge on any atom is 0.482 e. The van der Waals surface area contributed by atoms with Crippen LogP contribution in [0.5, 0.6) is 0 Å². The van der Waals surface area contributed by atoms with Crippen LogP contribution >= 0.6 is 0 Å². The number of rotatable bonds is 3. The van der Waals surface area contributed by atoms with Crippen molar-refractivity contribution < 1.29 is 14.5 Å². The molecule has 0 bridgehead atoms. The van der Waals surface area contributed by atoms with E-state index in [9.17, 15) is 19.7 Å². The lowest BCUT2D eigenvalue weighted by molar-refractivity contribution is -0.396. The average Bonchev–Trinajstić information content (AvgIpc) is 2.30. The van der Waals surface area contributed by atoms with Gasteiger partial charge in [-0.3, -0.25) is 14.9 Å². The highest BCUT2D eigenvalue weighted by molar-refractivity contribution is 6.23. The topological polar surface area (TPSA) is 103 Å². The molecule has 0 fully saturated rings. The molecule has 0 aliphatic carbocycles. The standard InChI is InChI=1S/C10H8N2O4/c11-6-8(10(14)12(15)16)9(13)7-4-2-1-3-5-7/h1-6H,11H2. The van der Waals surface area contributed by atoms with Crippen LogP contribution in [0.25, 0.3) is 0 Å². The number of hydrogen-bond acceptors (Lipinski definition) is 5. The van der Waals surface area contributed by atoms with Gasteiger partial charge in [-0.15, -0.1) is 0 Å². The van der Waals surface area contributed by atoms with E-state index in [1.54, 1.807) is 18.2 Å². The third kappa shape index (κ3) is 2.30. The van der Waals surface area contributed by atoms with Gasteiger partial charge in [0.1, 0.15) is 4.92 Å². The van der Waals surface area contributed by atoms with Crippen molar-refractivity contribution in [2.24, 2.45) is 5.73 Å². The van der Waals surface area contributed by atoms with Crippen LogP contribution in [-0.4, -0.2) is 16.6 Å². The van der Waals surface area contributed by atoms with Crippen molar-refractivity contribution in [1.29, 1.82) is 0 Å². The highest BCUT2D eigenvalue weighted by Gasteiger charge is 2.28. The zero-order valence-corrected chi connectivity index (χ0v) is 8.12. The molecule has 1 amide bonds. The predicted octanol–water partition coefficient (Wildman–Crippen LogP) is 0.515. The van der Waals surface area contributed by atoms with E-state index in [1.165, 1.54) is 12.1 Å². The molecular formula is C10H8N2O4. The molecule has 82 valence electrons. The van der Waals surface area contributed by atoms with Crippen LogP contribution in [0.1, 0.15) is 10.4 Å². The van der Waals surface area contributed by atoms with Gasteiger partial charge in [0, 0.05) is 11.8 Å². The second kappa shape index (κ2) is 4.83. The Hall–Kier alpha value is -2.50. The van der Waals surface area contributed by atoms with E-state index in [0.29, 0.717) is 6.20 Å². The molecule has 6 nitrogen and oxygen atoms in total. The van der Waals surface area contributed by atoms with Gasteiger partial charge in [-0.05, 0) is 0 Å². The first-order valence-electron chi connectivity index (χ1n) is 4.28. The Morgan fingerprint density at radius 2 is 1.81 bits per heavy atom. The lowest BCUT2D eigenvalue weighted by Gasteiger charge is -1.99. The number of nitro groups is 1. The normalized spacial score (nSPS) is 10.9. The molecule has 1 rings (SSSR count). The smallest absolute Gasteiger partial charge is 0.404 e. The summed E-state index contributed by atoms with van der Waals surface area (Å²) in [7, 11) is 0. The minimum absolute atomic E-state index is 0.175. The number of ketones is 1. The summed E-state index contributed by atoms with van der Waals surface area (Å²) in [5.41, 5.74) is 4.57. The molecule has 0 saturated carbocycles. The van der Waals surface area contributed by atoms with Crippen molar-refractivity contribution in [1.82, 2.24) is 0 Å². The number of nitrogens with zero attached hydrogens (tertiary/aromatic N) is 1. The van der Waals surface area contributed by atoms with Crippen LogP contribution < -0.4 is 5.73 Å². The van der Waals surface area contributed by atoms with Gasteiger partial charge in [-0.1, -0.05) is 30.3 Å². The minimum Gasteiger partial charge on any atom is -0.404 e. The SMILES string of the molecule is NC=C(C(=O)c1ccccc1)C(=O)[N+](=O)[O-]. The van der Waals surface area contributed by atoms with Gasteiger partial charge in [-0.2, -0.15) is 0 Å². The fourth-order valence-corrected chi connectivity index (χ4v) is 1.09. The largest absolute Gasteiger partial charge is 0.482 e. The van der Waals surface area contributed by atoms with Crippen LogP contribution in [0.4, 0.5) is 0 Å². The summed E-state index contributed by atoms with van der Waals surface area (Å²) < 4.78 is 0. The summed E-state index contributed by atoms with van der Waals surface area (Å²) in [6, 6.07) is 7.73. The lowest BCUT2D eigenvalue weighted by atomic mass is 10.0. The fraction of sp³-hybridized carbons (Fsp3) is 0. The van der Waals surface area contributed by atoms with E-state index < -0.39 is 22.2 Å². The van der Waals surface area contributed by atoms with Gasteiger partial charge in [0.15, 0.2) is 5.57 Å². The molecule has 16 heavy (non-hydrogen) atoms. The Morgan fingerprint density at radius 1 is 1.25 bits per heavy atom. The Morgan fingerprint density at radius 3 is 2.25 bits per heavy atom. The lowest BCUT2D eigenvalue weighted by Crippen LogP contribution is -2.21. The van der Waals surface area contributed by atoms with Crippen molar-refractivity contribution in [2.75, 3.05) is 0 Å². The number of nitrogens with two attached hydrogens (primary N) is 1. The van der Waals surface area contributed by atoms with Gasteiger partial charge in [0.05, 0.1) is 0 Å². The zero-order valence-electron chi connectivity index (χ0n) is 8.12. The summed E-state index contributed by atoms with van der Waals surface area (Å²) in [5.74, 6) is -2.26. The molecular weight excluding hydrogens is 212 g/mol. The number of amides is 1. The van der Waals surface area contributed by atoms with Gasteiger partial charge in [0.2, 0.25) is 5.78 Å². The second-order valence-electron chi connectivity index (χ2n) is 2.84. The monoisotopic (exact) mass is 220 g/mol. The van der Waals surface area contributed by atoms with Crippen molar-refractivity contribution in [2.45, 2.75) is 0 Å². The number of hydrogen-bond donors (Lipinski definition) is 1. The molecule has 0 heterocycles. The summed E-state index contributed by atoms with van der Waals surface area (Å²) in [6.07, 6.45) is 0.653. The van der Waals surface area contributed by atoms with Gasteiger partial charge >= 0.3 is 5.91 Å². The quantitative estimate of drug-likeness (QED) is 0.200. The molecule has 0 atom stereocenters. The van der Waals surface area contributed by atoms with Crippen LogP contribution in [-0.2, 0) is 4.79 Å². The molecule has 1 aromatic carbocycles. The Bertz CT molecular complexity index is 465. The van der Waals surface area contributed by atoms with Crippen molar-refractivity contribution >= 4 is 11.7 Å². The maximum atomic E-state index is 11.6. The predicted molar refractivity (Wildman–Crippen MR) is 55.0 cm³/mol. The molecule has 1 aromatic rings. The molecule has 2 N–H and O–H groups in total. The Labute approximate surface area is 90.5 Å². The van der Waals surface area contributed by atoms with Crippen LogP contribution in [0, 0.1) is 10.1 Å². The van der Waals surface area contributed by atoms with Gasteiger partial charge in [0.25, 0.3) is 0 Å². The first kappa shape index (κ1) is 11.6. The highest BCUT2D eigenvalue weighted by atomic mass is 16.6. The second-order valence-corrected chi connectivity index (χ2v) is 2.84. The number of Topliss-reactive ketones (excluding diaryl/α,β-unsaturated/α-hetero) is 1. The number of benzene rings is 1. The zero-order chi connectivity index (χ0) is 12.1. The fourth-order valence-electron chi connectivity index (χ4n) is 1.09. The molecule has 0 aromatic heterocycles. The average molecular weight is 220 g/mol. The molecule has 0 unspecified atom stereocenters. The molecule has 0 spiro atoms. The third-order valence-corrected chi connectivity index (χ3v) is 1.84. The summed E-state index contributed by atoms with van der Waals surface area (Å²) in [4.78, 5) is 31.7. The highest BCUT2D eigenvalue weighted by Crippen LogP contribution is 2.08. The molecule has 6 heteroatoms. The van der Waals surface area contributed by atoms with E-state index in [-0.39, 0.29) is 5.56 Å².